The fourth-order valence-corrected chi connectivity index (χ4v) is 3.40. The van der Waals surface area contributed by atoms with E-state index in [1.54, 1.807) is 6.26 Å². The number of hydrogen-bond acceptors (Lipinski definition) is 6. The molecule has 0 bridgehead atoms. The first kappa shape index (κ1) is 23.1. The van der Waals surface area contributed by atoms with Gasteiger partial charge in [-0.1, -0.05) is 52.6 Å². The van der Waals surface area contributed by atoms with E-state index < -0.39 is 11.7 Å². The summed E-state index contributed by atoms with van der Waals surface area (Å²) in [6.45, 7) is -0.174. The summed E-state index contributed by atoms with van der Waals surface area (Å²) < 4.78 is 20.6. The fraction of sp³-hybridized carbons (Fsp3) is 0.100. The van der Waals surface area contributed by atoms with E-state index in [4.69, 9.17) is 44.8 Å². The molecule has 0 radical (unpaired) electrons. The molecule has 0 saturated carbocycles. The van der Waals surface area contributed by atoms with Crippen molar-refractivity contribution in [2.75, 3.05) is 6.26 Å². The van der Waals surface area contributed by atoms with Gasteiger partial charge in [0.25, 0.3) is 5.91 Å². The van der Waals surface area contributed by atoms with Crippen LogP contribution in [-0.4, -0.2) is 22.1 Å². The number of carbonyl (C=O) groups is 1. The van der Waals surface area contributed by atoms with Gasteiger partial charge in [-0.2, -0.15) is 5.26 Å². The number of ether oxygens (including phenoxy) is 1. The molecule has 0 aliphatic heterocycles. The van der Waals surface area contributed by atoms with E-state index in [0.717, 1.165) is 0 Å². The molecule has 0 unspecified atom stereocenters. The van der Waals surface area contributed by atoms with Crippen LogP contribution in [0.5, 0.6) is 11.5 Å². The summed E-state index contributed by atoms with van der Waals surface area (Å²) in [5.74, 6) is -1.48. The number of hydrogen-bond donors (Lipinski definition) is 1. The minimum atomic E-state index is -0.773. The van der Waals surface area contributed by atoms with E-state index in [9.17, 15) is 4.79 Å². The minimum Gasteiger partial charge on any atom is -0.453 e. The van der Waals surface area contributed by atoms with Gasteiger partial charge in [-0.05, 0) is 30.5 Å². The Bertz CT molecular complexity index is 1200. The molecule has 0 saturated heterocycles. The van der Waals surface area contributed by atoms with Crippen LogP contribution in [0.3, 0.4) is 0 Å². The highest BCUT2D eigenvalue weighted by Crippen LogP contribution is 2.35. The molecule has 3 rings (SSSR count). The molecule has 0 aliphatic rings. The zero-order valence-electron chi connectivity index (χ0n) is 15.7. The lowest BCUT2D eigenvalue weighted by atomic mass is 10.2. The zero-order chi connectivity index (χ0) is 22.5. The molecule has 6 nitrogen and oxygen atoms in total. The smallest absolute Gasteiger partial charge is 0.271 e. The Labute approximate surface area is 196 Å². The van der Waals surface area contributed by atoms with Gasteiger partial charge < -0.3 is 10.1 Å². The third-order valence-corrected chi connectivity index (χ3v) is 5.26. The summed E-state index contributed by atoms with van der Waals surface area (Å²) in [6, 6.07) is 9.05. The van der Waals surface area contributed by atoms with Gasteiger partial charge in [-0.3, -0.25) is 4.79 Å². The lowest BCUT2D eigenvalue weighted by Gasteiger charge is -2.13. The maximum absolute atomic E-state index is 15.0. The number of nitrogens with one attached hydrogen (secondary N) is 1. The van der Waals surface area contributed by atoms with Crippen LogP contribution in [0.15, 0.2) is 41.7 Å². The van der Waals surface area contributed by atoms with Crippen LogP contribution in [0.1, 0.15) is 21.6 Å². The Kier molecular flexibility index (Phi) is 7.57. The third-order valence-electron chi connectivity index (χ3n) is 3.91. The van der Waals surface area contributed by atoms with Crippen molar-refractivity contribution in [2.24, 2.45) is 0 Å². The molecule has 3 aromatic rings. The molecule has 31 heavy (non-hydrogen) atoms. The molecule has 1 N–H and O–H groups in total. The Hall–Kier alpha value is -2.57. The number of aromatic nitrogens is 2. The molecule has 0 aliphatic carbocycles. The number of halogens is 4. The van der Waals surface area contributed by atoms with Crippen LogP contribution in [0.4, 0.5) is 4.39 Å². The van der Waals surface area contributed by atoms with Gasteiger partial charge in [0.2, 0.25) is 0 Å². The van der Waals surface area contributed by atoms with E-state index in [2.05, 4.69) is 15.3 Å². The molecule has 1 aromatic heterocycles. The van der Waals surface area contributed by atoms with Crippen LogP contribution in [0, 0.1) is 17.1 Å². The summed E-state index contributed by atoms with van der Waals surface area (Å²) in [7, 11) is 0. The van der Waals surface area contributed by atoms with E-state index in [0.29, 0.717) is 5.16 Å². The SMILES string of the molecule is CSc1ncc(Cl)c(C(=O)NCc2ccc(Cl)c(Oc3cc(Cl)cc(C#N)c3)c2F)n1. The number of amides is 1. The molecule has 158 valence electrons. The van der Waals surface area contributed by atoms with Gasteiger partial charge in [-0.15, -0.1) is 0 Å². The van der Waals surface area contributed by atoms with Crippen molar-refractivity contribution >= 4 is 52.5 Å². The second-order valence-electron chi connectivity index (χ2n) is 5.98. The van der Waals surface area contributed by atoms with E-state index >= 15 is 4.39 Å². The first-order valence-corrected chi connectivity index (χ1v) is 10.9. The van der Waals surface area contributed by atoms with Gasteiger partial charge in [0, 0.05) is 17.1 Å². The van der Waals surface area contributed by atoms with E-state index in [-0.39, 0.29) is 49.9 Å². The zero-order valence-corrected chi connectivity index (χ0v) is 18.8. The molecule has 11 heteroatoms. The van der Waals surface area contributed by atoms with Crippen LogP contribution < -0.4 is 10.1 Å². The summed E-state index contributed by atoms with van der Waals surface area (Å²) in [6.07, 6.45) is 3.08. The molecular weight excluding hydrogens is 486 g/mol. The maximum Gasteiger partial charge on any atom is 0.271 e. The Balaban J connectivity index is 1.82. The maximum atomic E-state index is 15.0. The molecule has 0 atom stereocenters. The van der Waals surface area contributed by atoms with Crippen molar-refractivity contribution in [2.45, 2.75) is 11.7 Å². The number of rotatable bonds is 6. The summed E-state index contributed by atoms with van der Waals surface area (Å²) in [5, 5.41) is 12.3. The quantitative estimate of drug-likeness (QED) is 0.337. The van der Waals surface area contributed by atoms with Crippen molar-refractivity contribution < 1.29 is 13.9 Å². The van der Waals surface area contributed by atoms with E-state index in [1.165, 1.54) is 48.3 Å². The monoisotopic (exact) mass is 496 g/mol. The van der Waals surface area contributed by atoms with Gasteiger partial charge in [0.1, 0.15) is 5.75 Å². The average molecular weight is 498 g/mol. The van der Waals surface area contributed by atoms with Crippen LogP contribution in [0.25, 0.3) is 0 Å². The molecule has 0 fully saturated rings. The number of nitriles is 1. The topological polar surface area (TPSA) is 87.9 Å². The average Bonchev–Trinajstić information content (AvgIpc) is 2.75. The highest BCUT2D eigenvalue weighted by molar-refractivity contribution is 7.98. The first-order chi connectivity index (χ1) is 14.8. The highest BCUT2D eigenvalue weighted by Gasteiger charge is 2.18. The molecule has 1 amide bonds. The molecule has 2 aromatic carbocycles. The Morgan fingerprint density at radius 2 is 2.03 bits per heavy atom. The summed E-state index contributed by atoms with van der Waals surface area (Å²) in [4.78, 5) is 20.5. The van der Waals surface area contributed by atoms with Crippen molar-refractivity contribution in [3.05, 3.63) is 74.2 Å². The molecule has 1 heterocycles. The highest BCUT2D eigenvalue weighted by atomic mass is 35.5. The second-order valence-corrected chi connectivity index (χ2v) is 8.00. The van der Waals surface area contributed by atoms with Crippen molar-refractivity contribution in [1.82, 2.24) is 15.3 Å². The normalized spacial score (nSPS) is 10.5. The van der Waals surface area contributed by atoms with Crippen LogP contribution in [0.2, 0.25) is 15.1 Å². The van der Waals surface area contributed by atoms with Crippen molar-refractivity contribution in [3.63, 3.8) is 0 Å². The van der Waals surface area contributed by atoms with Gasteiger partial charge in [-0.25, -0.2) is 14.4 Å². The Morgan fingerprint density at radius 1 is 1.26 bits per heavy atom. The predicted octanol–water partition coefficient (Wildman–Crippen LogP) is 5.89. The van der Waals surface area contributed by atoms with Crippen molar-refractivity contribution in [3.8, 4) is 17.6 Å². The molecule has 0 spiro atoms. The van der Waals surface area contributed by atoms with Crippen molar-refractivity contribution in [1.29, 1.82) is 5.26 Å². The number of nitrogens with zero attached hydrogens (tertiary/aromatic N) is 3. The summed E-state index contributed by atoms with van der Waals surface area (Å²) >= 11 is 19.3. The lowest BCUT2D eigenvalue weighted by molar-refractivity contribution is 0.0944. The Morgan fingerprint density at radius 3 is 2.74 bits per heavy atom. The first-order valence-electron chi connectivity index (χ1n) is 8.52. The minimum absolute atomic E-state index is 0.00881. The number of benzene rings is 2. The van der Waals surface area contributed by atoms with Gasteiger partial charge in [0.05, 0.1) is 27.9 Å². The standard InChI is InChI=1S/C20H12Cl3FN4O2S/c1-31-20-27-9-15(23)17(28-20)19(29)26-8-11-2-3-14(22)18(16(11)24)30-13-5-10(7-25)4-12(21)6-13/h2-6,9H,8H2,1H3,(H,26,29). The van der Waals surface area contributed by atoms with Crippen LogP contribution in [-0.2, 0) is 6.54 Å². The molecular formula is C20H12Cl3FN4O2S. The second kappa shape index (κ2) is 10.2. The summed E-state index contributed by atoms with van der Waals surface area (Å²) in [5.41, 5.74) is 0.342. The number of carbonyl (C=O) groups excluding carboxylic acids is 1. The lowest BCUT2D eigenvalue weighted by Crippen LogP contribution is -2.25. The largest absolute Gasteiger partial charge is 0.453 e. The van der Waals surface area contributed by atoms with E-state index in [1.807, 2.05) is 6.07 Å². The number of thioether (sulfide) groups is 1. The fourth-order valence-electron chi connectivity index (χ4n) is 2.48. The third kappa shape index (κ3) is 5.57. The van der Waals surface area contributed by atoms with Crippen LogP contribution >= 0.6 is 46.6 Å². The van der Waals surface area contributed by atoms with Gasteiger partial charge >= 0.3 is 0 Å². The van der Waals surface area contributed by atoms with Gasteiger partial charge in [0.15, 0.2) is 22.4 Å². The predicted molar refractivity (Wildman–Crippen MR) is 118 cm³/mol.